The Labute approximate surface area is 94.8 Å². The van der Waals surface area contributed by atoms with E-state index in [9.17, 15) is 13.2 Å². The van der Waals surface area contributed by atoms with E-state index in [1.165, 1.54) is 0 Å². The molecule has 2 fully saturated rings. The normalized spacial score (nSPS) is 37.3. The third-order valence-electron chi connectivity index (χ3n) is 4.11. The molecule has 1 N–H and O–H groups in total. The van der Waals surface area contributed by atoms with Crippen molar-refractivity contribution in [3.63, 3.8) is 0 Å². The molecule has 0 radical (unpaired) electrons. The maximum absolute atomic E-state index is 12.9. The molecule has 0 spiro atoms. The van der Waals surface area contributed by atoms with E-state index >= 15 is 0 Å². The molecule has 3 unspecified atom stereocenters. The van der Waals surface area contributed by atoms with Gasteiger partial charge in [-0.05, 0) is 38.1 Å². The lowest BCUT2D eigenvalue weighted by Gasteiger charge is -2.40. The van der Waals surface area contributed by atoms with Crippen LogP contribution in [0.3, 0.4) is 0 Å². The van der Waals surface area contributed by atoms with E-state index < -0.39 is 12.1 Å². The monoisotopic (exact) mass is 235 g/mol. The third kappa shape index (κ3) is 2.70. The van der Waals surface area contributed by atoms with E-state index in [0.29, 0.717) is 6.42 Å². The molecular weight excluding hydrogens is 215 g/mol. The fourth-order valence-electron chi connectivity index (χ4n) is 3.29. The highest BCUT2D eigenvalue weighted by Gasteiger charge is 2.47. The molecule has 0 aromatic carbocycles. The van der Waals surface area contributed by atoms with Gasteiger partial charge in [-0.3, -0.25) is 0 Å². The molecule has 0 amide bonds. The Morgan fingerprint density at radius 2 is 1.56 bits per heavy atom. The zero-order chi connectivity index (χ0) is 11.6. The molecule has 2 aliphatic rings. The second-order valence-corrected chi connectivity index (χ2v) is 5.15. The van der Waals surface area contributed by atoms with Gasteiger partial charge >= 0.3 is 6.18 Å². The van der Waals surface area contributed by atoms with Crippen LogP contribution in [0.1, 0.15) is 44.9 Å². The van der Waals surface area contributed by atoms with Crippen LogP contribution >= 0.6 is 0 Å². The van der Waals surface area contributed by atoms with Gasteiger partial charge in [0.15, 0.2) is 0 Å². The van der Waals surface area contributed by atoms with Gasteiger partial charge in [-0.1, -0.05) is 19.3 Å². The lowest BCUT2D eigenvalue weighted by molar-refractivity contribution is -0.199. The van der Waals surface area contributed by atoms with Crippen LogP contribution in [0.4, 0.5) is 13.2 Å². The highest BCUT2D eigenvalue weighted by molar-refractivity contribution is 4.89. The molecule has 0 aromatic rings. The first-order chi connectivity index (χ1) is 7.59. The second-order valence-electron chi connectivity index (χ2n) is 5.15. The van der Waals surface area contributed by atoms with E-state index in [1.54, 1.807) is 0 Å². The highest BCUT2D eigenvalue weighted by Crippen LogP contribution is 2.43. The van der Waals surface area contributed by atoms with Gasteiger partial charge in [-0.15, -0.1) is 0 Å². The fourth-order valence-corrected chi connectivity index (χ4v) is 3.29. The van der Waals surface area contributed by atoms with Gasteiger partial charge in [0.1, 0.15) is 0 Å². The van der Waals surface area contributed by atoms with Gasteiger partial charge in [0.2, 0.25) is 0 Å². The predicted octanol–water partition coefficient (Wildman–Crippen LogP) is 3.50. The second kappa shape index (κ2) is 4.94. The lowest BCUT2D eigenvalue weighted by Crippen LogP contribution is -2.47. The number of halogens is 3. The van der Waals surface area contributed by atoms with Gasteiger partial charge in [-0.2, -0.15) is 13.2 Å². The highest BCUT2D eigenvalue weighted by atomic mass is 19.4. The summed E-state index contributed by atoms with van der Waals surface area (Å²) in [7, 11) is 0. The van der Waals surface area contributed by atoms with Crippen molar-refractivity contribution in [2.75, 3.05) is 6.54 Å². The van der Waals surface area contributed by atoms with Crippen molar-refractivity contribution in [1.82, 2.24) is 5.32 Å². The van der Waals surface area contributed by atoms with Gasteiger partial charge in [0, 0.05) is 6.04 Å². The molecule has 1 aliphatic carbocycles. The topological polar surface area (TPSA) is 12.0 Å². The molecule has 1 saturated carbocycles. The van der Waals surface area contributed by atoms with Crippen LogP contribution in [0.5, 0.6) is 0 Å². The SMILES string of the molecule is FC(F)(F)C1CCCCC1C1CCCCN1. The quantitative estimate of drug-likeness (QED) is 0.733. The van der Waals surface area contributed by atoms with Crippen LogP contribution in [-0.2, 0) is 0 Å². The Morgan fingerprint density at radius 3 is 2.19 bits per heavy atom. The average molecular weight is 235 g/mol. The fraction of sp³-hybridized carbons (Fsp3) is 1.00. The van der Waals surface area contributed by atoms with Gasteiger partial charge in [0.25, 0.3) is 0 Å². The first kappa shape index (κ1) is 12.2. The first-order valence-corrected chi connectivity index (χ1v) is 6.39. The van der Waals surface area contributed by atoms with Crippen LogP contribution in [0.15, 0.2) is 0 Å². The Bertz CT molecular complexity index is 221. The smallest absolute Gasteiger partial charge is 0.314 e. The maximum Gasteiger partial charge on any atom is 0.392 e. The molecule has 2 rings (SSSR count). The Morgan fingerprint density at radius 1 is 0.875 bits per heavy atom. The van der Waals surface area contributed by atoms with E-state index in [2.05, 4.69) is 5.32 Å². The summed E-state index contributed by atoms with van der Waals surface area (Å²) in [6, 6.07) is 0.112. The first-order valence-electron chi connectivity index (χ1n) is 6.39. The molecule has 1 nitrogen and oxygen atoms in total. The van der Waals surface area contributed by atoms with Gasteiger partial charge in [-0.25, -0.2) is 0 Å². The van der Waals surface area contributed by atoms with Crippen LogP contribution in [-0.4, -0.2) is 18.8 Å². The number of nitrogens with one attached hydrogen (secondary N) is 1. The molecule has 1 saturated heterocycles. The molecule has 1 aliphatic heterocycles. The molecule has 0 bridgehead atoms. The van der Waals surface area contributed by atoms with Crippen LogP contribution in [0, 0.1) is 11.8 Å². The summed E-state index contributed by atoms with van der Waals surface area (Å²) in [5.41, 5.74) is 0. The van der Waals surface area contributed by atoms with E-state index in [0.717, 1.165) is 45.1 Å². The van der Waals surface area contributed by atoms with Crippen molar-refractivity contribution < 1.29 is 13.2 Å². The lowest BCUT2D eigenvalue weighted by atomic mass is 9.73. The molecule has 4 heteroatoms. The van der Waals surface area contributed by atoms with E-state index in [1.807, 2.05) is 0 Å². The molecule has 16 heavy (non-hydrogen) atoms. The van der Waals surface area contributed by atoms with Crippen molar-refractivity contribution in [1.29, 1.82) is 0 Å². The maximum atomic E-state index is 12.9. The van der Waals surface area contributed by atoms with Crippen molar-refractivity contribution >= 4 is 0 Å². The number of alkyl halides is 3. The number of hydrogen-bond donors (Lipinski definition) is 1. The Kier molecular flexibility index (Phi) is 3.77. The largest absolute Gasteiger partial charge is 0.392 e. The predicted molar refractivity (Wildman–Crippen MR) is 57.1 cm³/mol. The summed E-state index contributed by atoms with van der Waals surface area (Å²) >= 11 is 0. The summed E-state index contributed by atoms with van der Waals surface area (Å²) < 4.78 is 38.8. The zero-order valence-corrected chi connectivity index (χ0v) is 9.52. The van der Waals surface area contributed by atoms with Crippen LogP contribution in [0.2, 0.25) is 0 Å². The van der Waals surface area contributed by atoms with Crippen molar-refractivity contribution in [3.05, 3.63) is 0 Å². The Hall–Kier alpha value is -0.250. The summed E-state index contributed by atoms with van der Waals surface area (Å²) in [5.74, 6) is -1.23. The van der Waals surface area contributed by atoms with Crippen molar-refractivity contribution in [3.8, 4) is 0 Å². The van der Waals surface area contributed by atoms with Crippen LogP contribution in [0.25, 0.3) is 0 Å². The van der Waals surface area contributed by atoms with E-state index in [-0.39, 0.29) is 12.0 Å². The Balaban J connectivity index is 2.03. The molecule has 1 heterocycles. The minimum atomic E-state index is -4.00. The molecular formula is C12H20F3N. The summed E-state index contributed by atoms with van der Waals surface area (Å²) in [6.07, 6.45) is 1.93. The molecule has 0 aromatic heterocycles. The standard InChI is InChI=1S/C12H20F3N/c13-12(14,15)10-6-2-1-5-9(10)11-7-3-4-8-16-11/h9-11,16H,1-8H2. The molecule has 3 atom stereocenters. The van der Waals surface area contributed by atoms with Gasteiger partial charge in [0.05, 0.1) is 5.92 Å². The number of hydrogen-bond acceptors (Lipinski definition) is 1. The minimum absolute atomic E-state index is 0.112. The van der Waals surface area contributed by atoms with Crippen molar-refractivity contribution in [2.24, 2.45) is 11.8 Å². The molecule has 94 valence electrons. The summed E-state index contributed by atoms with van der Waals surface area (Å²) in [4.78, 5) is 0. The summed E-state index contributed by atoms with van der Waals surface area (Å²) in [5, 5.41) is 3.29. The van der Waals surface area contributed by atoms with Crippen molar-refractivity contribution in [2.45, 2.75) is 57.2 Å². The van der Waals surface area contributed by atoms with Crippen LogP contribution < -0.4 is 5.32 Å². The number of rotatable bonds is 1. The van der Waals surface area contributed by atoms with E-state index in [4.69, 9.17) is 0 Å². The average Bonchev–Trinajstić information content (AvgIpc) is 2.29. The zero-order valence-electron chi connectivity index (χ0n) is 9.52. The third-order valence-corrected chi connectivity index (χ3v) is 4.11. The number of piperidine rings is 1. The van der Waals surface area contributed by atoms with Gasteiger partial charge < -0.3 is 5.32 Å². The summed E-state index contributed by atoms with van der Waals surface area (Å²) in [6.45, 7) is 0.895. The minimum Gasteiger partial charge on any atom is -0.314 e.